The fourth-order valence-electron chi connectivity index (χ4n) is 6.02. The van der Waals surface area contributed by atoms with Gasteiger partial charge in [0.2, 0.25) is 11.8 Å². The molecule has 4 heterocycles. The second kappa shape index (κ2) is 9.81. The predicted molar refractivity (Wildman–Crippen MR) is 135 cm³/mol. The molecule has 5 rings (SSSR count). The third-order valence-corrected chi connectivity index (χ3v) is 8.23. The number of hydrogen-bond donors (Lipinski definition) is 2. The third kappa shape index (κ3) is 4.60. The number of pyridine rings is 1. The number of halogens is 2. The molecule has 1 aromatic heterocycles. The van der Waals surface area contributed by atoms with Gasteiger partial charge in [0.15, 0.2) is 5.82 Å². The van der Waals surface area contributed by atoms with Gasteiger partial charge in [-0.1, -0.05) is 0 Å². The molecule has 202 valence electrons. The Morgan fingerprint density at radius 2 is 1.74 bits per heavy atom. The van der Waals surface area contributed by atoms with E-state index in [0.29, 0.717) is 12.1 Å². The number of rotatable bonds is 5. The number of benzene rings is 1. The minimum Gasteiger partial charge on any atom is -0.390 e. The van der Waals surface area contributed by atoms with Crippen LogP contribution < -0.4 is 5.32 Å². The van der Waals surface area contributed by atoms with Crippen LogP contribution in [0.1, 0.15) is 74.0 Å². The minimum atomic E-state index is -0.885. The van der Waals surface area contributed by atoms with Gasteiger partial charge in [-0.2, -0.15) is 0 Å². The molecule has 1 unspecified atom stereocenters. The number of hydrogen-bond acceptors (Lipinski definition) is 6. The second-order valence-electron chi connectivity index (χ2n) is 11.1. The summed E-state index contributed by atoms with van der Waals surface area (Å²) in [4.78, 5) is 44.7. The largest absolute Gasteiger partial charge is 0.390 e. The molecule has 38 heavy (non-hydrogen) atoms. The number of piperidine rings is 2. The summed E-state index contributed by atoms with van der Waals surface area (Å²) in [6.45, 7) is 7.02. The monoisotopic (exact) mass is 526 g/mol. The van der Waals surface area contributed by atoms with Crippen molar-refractivity contribution in [2.24, 2.45) is 5.92 Å². The average molecular weight is 527 g/mol. The Labute approximate surface area is 220 Å². The third-order valence-electron chi connectivity index (χ3n) is 8.23. The van der Waals surface area contributed by atoms with Crippen molar-refractivity contribution in [3.05, 3.63) is 52.7 Å². The van der Waals surface area contributed by atoms with E-state index in [4.69, 9.17) is 0 Å². The molecule has 2 saturated heterocycles. The fraction of sp³-hybridized carbons (Fsp3) is 0.500. The zero-order chi connectivity index (χ0) is 27.4. The van der Waals surface area contributed by atoms with E-state index in [9.17, 15) is 19.5 Å². The SMILES string of the molecule is C[C@@H]1c2c(ccc(-c3nccc(CN4CCC(C(C)(C)O)CC4)c3F)c2F)C(=O)N1C1CCC(=O)NC1=O. The van der Waals surface area contributed by atoms with Crippen LogP contribution in [0, 0.1) is 17.6 Å². The van der Waals surface area contributed by atoms with Crippen molar-refractivity contribution in [2.75, 3.05) is 13.1 Å². The van der Waals surface area contributed by atoms with Gasteiger partial charge in [-0.3, -0.25) is 29.6 Å². The van der Waals surface area contributed by atoms with Crippen LogP contribution in [0.4, 0.5) is 8.78 Å². The first kappa shape index (κ1) is 26.4. The number of nitrogens with one attached hydrogen (secondary N) is 1. The lowest BCUT2D eigenvalue weighted by molar-refractivity contribution is -0.137. The Kier molecular flexibility index (Phi) is 6.81. The maximum absolute atomic E-state index is 15.9. The Morgan fingerprint density at radius 1 is 1.05 bits per heavy atom. The highest BCUT2D eigenvalue weighted by Gasteiger charge is 2.45. The van der Waals surface area contributed by atoms with Gasteiger partial charge in [-0.05, 0) is 77.2 Å². The van der Waals surface area contributed by atoms with Crippen molar-refractivity contribution in [3.63, 3.8) is 0 Å². The molecule has 3 amide bonds. The second-order valence-corrected chi connectivity index (χ2v) is 11.1. The number of fused-ring (bicyclic) bond motifs is 1. The van der Waals surface area contributed by atoms with Crippen molar-refractivity contribution in [2.45, 2.75) is 70.7 Å². The van der Waals surface area contributed by atoms with Gasteiger partial charge in [0.1, 0.15) is 17.6 Å². The molecule has 0 saturated carbocycles. The van der Waals surface area contributed by atoms with E-state index < -0.39 is 47.0 Å². The first-order valence-electron chi connectivity index (χ1n) is 13.0. The van der Waals surface area contributed by atoms with Crippen molar-refractivity contribution >= 4 is 17.7 Å². The maximum atomic E-state index is 15.9. The van der Waals surface area contributed by atoms with Gasteiger partial charge in [-0.25, -0.2) is 8.78 Å². The standard InChI is InChI=1S/C28H32F2N4O4/c1-15-22-18(27(37)34(15)20-6-7-21(35)32-26(20)36)4-5-19(24(22)30)25-23(29)16(8-11-31-25)14-33-12-9-17(10-13-33)28(2,3)38/h4-5,8,11,15,17,20,38H,6-7,9-10,12-14H2,1-3H3,(H,32,35,36)/t15-,20?/m1/s1. The summed E-state index contributed by atoms with van der Waals surface area (Å²) in [5, 5.41) is 12.5. The summed E-state index contributed by atoms with van der Waals surface area (Å²) in [5.74, 6) is -2.66. The van der Waals surface area contributed by atoms with Gasteiger partial charge in [0, 0.05) is 41.4 Å². The molecule has 0 spiro atoms. The quantitative estimate of drug-likeness (QED) is 0.580. The van der Waals surface area contributed by atoms with Crippen LogP contribution in [0.2, 0.25) is 0 Å². The Balaban J connectivity index is 1.40. The van der Waals surface area contributed by atoms with Crippen LogP contribution >= 0.6 is 0 Å². The van der Waals surface area contributed by atoms with E-state index in [2.05, 4.69) is 15.2 Å². The number of aliphatic hydroxyl groups is 1. The molecule has 3 aliphatic heterocycles. The summed E-state index contributed by atoms with van der Waals surface area (Å²) in [6.07, 6.45) is 3.31. The van der Waals surface area contributed by atoms with Crippen molar-refractivity contribution in [1.29, 1.82) is 0 Å². The topological polar surface area (TPSA) is 103 Å². The highest BCUT2D eigenvalue weighted by Crippen LogP contribution is 2.41. The molecule has 1 aromatic carbocycles. The maximum Gasteiger partial charge on any atom is 0.255 e. The summed E-state index contributed by atoms with van der Waals surface area (Å²) in [7, 11) is 0. The number of imide groups is 1. The Bertz CT molecular complexity index is 1300. The van der Waals surface area contributed by atoms with Gasteiger partial charge in [0.25, 0.3) is 5.91 Å². The molecular formula is C28H32F2N4O4. The van der Waals surface area contributed by atoms with Crippen LogP contribution in [0.15, 0.2) is 24.4 Å². The van der Waals surface area contributed by atoms with Crippen molar-refractivity contribution in [3.8, 4) is 11.3 Å². The van der Waals surface area contributed by atoms with Crippen LogP contribution in [0.25, 0.3) is 11.3 Å². The lowest BCUT2D eigenvalue weighted by Crippen LogP contribution is -2.53. The van der Waals surface area contributed by atoms with Gasteiger partial charge < -0.3 is 10.0 Å². The lowest BCUT2D eigenvalue weighted by Gasteiger charge is -2.37. The number of aromatic nitrogens is 1. The molecule has 0 radical (unpaired) electrons. The molecule has 0 aliphatic carbocycles. The van der Waals surface area contributed by atoms with E-state index in [-0.39, 0.29) is 41.1 Å². The zero-order valence-electron chi connectivity index (χ0n) is 21.8. The van der Waals surface area contributed by atoms with Crippen LogP contribution in [0.3, 0.4) is 0 Å². The van der Waals surface area contributed by atoms with Crippen LogP contribution in [0.5, 0.6) is 0 Å². The van der Waals surface area contributed by atoms with Crippen molar-refractivity contribution < 1.29 is 28.3 Å². The number of carbonyl (C=O) groups is 3. The van der Waals surface area contributed by atoms with Gasteiger partial charge in [0.05, 0.1) is 11.6 Å². The molecule has 0 bridgehead atoms. The normalized spacial score (nSPS) is 23.1. The first-order chi connectivity index (χ1) is 18.0. The fourth-order valence-corrected chi connectivity index (χ4v) is 6.02. The van der Waals surface area contributed by atoms with E-state index in [1.54, 1.807) is 13.0 Å². The van der Waals surface area contributed by atoms with Gasteiger partial charge >= 0.3 is 0 Å². The summed E-state index contributed by atoms with van der Waals surface area (Å²) < 4.78 is 31.6. The van der Waals surface area contributed by atoms with E-state index in [0.717, 1.165) is 25.9 Å². The first-order valence-corrected chi connectivity index (χ1v) is 13.0. The molecule has 8 nitrogen and oxygen atoms in total. The van der Waals surface area contributed by atoms with E-state index in [1.807, 2.05) is 13.8 Å². The molecule has 2 N–H and O–H groups in total. The molecule has 3 aliphatic rings. The Hall–Kier alpha value is -3.24. The Morgan fingerprint density at radius 3 is 2.39 bits per heavy atom. The van der Waals surface area contributed by atoms with E-state index >= 15 is 8.78 Å². The number of nitrogens with zero attached hydrogens (tertiary/aromatic N) is 3. The zero-order valence-corrected chi connectivity index (χ0v) is 21.8. The highest BCUT2D eigenvalue weighted by molar-refractivity contribution is 6.06. The summed E-state index contributed by atoms with van der Waals surface area (Å²) >= 11 is 0. The van der Waals surface area contributed by atoms with Gasteiger partial charge in [-0.15, -0.1) is 0 Å². The predicted octanol–water partition coefficient (Wildman–Crippen LogP) is 3.33. The molecule has 2 atom stereocenters. The summed E-state index contributed by atoms with van der Waals surface area (Å²) in [6, 6.07) is 2.74. The smallest absolute Gasteiger partial charge is 0.255 e. The molecule has 10 heteroatoms. The van der Waals surface area contributed by atoms with Crippen LogP contribution in [-0.2, 0) is 16.1 Å². The number of carbonyl (C=O) groups excluding carboxylic acids is 3. The molecule has 2 fully saturated rings. The van der Waals surface area contributed by atoms with E-state index in [1.165, 1.54) is 23.2 Å². The molecular weight excluding hydrogens is 494 g/mol. The lowest BCUT2D eigenvalue weighted by atomic mass is 9.83. The summed E-state index contributed by atoms with van der Waals surface area (Å²) in [5.41, 5.74) is -0.321. The molecule has 2 aromatic rings. The average Bonchev–Trinajstić information content (AvgIpc) is 3.11. The minimum absolute atomic E-state index is 0.0476. The number of likely N-dealkylation sites (tertiary alicyclic amines) is 1. The van der Waals surface area contributed by atoms with Crippen molar-refractivity contribution in [1.82, 2.24) is 20.1 Å². The number of amides is 3. The highest BCUT2D eigenvalue weighted by atomic mass is 19.1. The van der Waals surface area contributed by atoms with Crippen LogP contribution in [-0.4, -0.2) is 62.3 Å².